The first-order valence-electron chi connectivity index (χ1n) is 6.28. The first kappa shape index (κ1) is 13.8. The molecule has 0 radical (unpaired) electrons. The molecule has 0 aromatic heterocycles. The van der Waals surface area contributed by atoms with Gasteiger partial charge < -0.3 is 10.1 Å². The topological polar surface area (TPSA) is 21.3 Å². The lowest BCUT2D eigenvalue weighted by molar-refractivity contribution is -0.0966. The van der Waals surface area contributed by atoms with Gasteiger partial charge in [-0.05, 0) is 44.4 Å². The van der Waals surface area contributed by atoms with Crippen molar-refractivity contribution in [3.05, 3.63) is 34.6 Å². The number of hydrogen-bond acceptors (Lipinski definition) is 2. The van der Waals surface area contributed by atoms with E-state index in [-0.39, 0.29) is 22.5 Å². The predicted octanol–water partition coefficient (Wildman–Crippen LogP) is 3.18. The molecule has 2 nitrogen and oxygen atoms in total. The molecule has 1 aliphatic carbocycles. The molecule has 1 N–H and O–H groups in total. The molecule has 0 aliphatic heterocycles. The van der Waals surface area contributed by atoms with E-state index in [9.17, 15) is 4.39 Å². The number of hydrogen-bond donors (Lipinski definition) is 1. The lowest BCUT2D eigenvalue weighted by Crippen LogP contribution is -2.56. The lowest BCUT2D eigenvalue weighted by atomic mass is 9.72. The zero-order valence-corrected chi connectivity index (χ0v) is 11.6. The van der Waals surface area contributed by atoms with Crippen molar-refractivity contribution in [1.29, 1.82) is 0 Å². The highest BCUT2D eigenvalue weighted by atomic mass is 35.5. The Balaban J connectivity index is 2.18. The summed E-state index contributed by atoms with van der Waals surface area (Å²) in [7, 11) is 3.66. The third kappa shape index (κ3) is 2.40. The van der Waals surface area contributed by atoms with Crippen LogP contribution in [0.3, 0.4) is 0 Å². The number of ether oxygens (including phenoxy) is 1. The Morgan fingerprint density at radius 1 is 1.50 bits per heavy atom. The van der Waals surface area contributed by atoms with Crippen molar-refractivity contribution >= 4 is 11.6 Å². The van der Waals surface area contributed by atoms with Crippen LogP contribution in [0.15, 0.2) is 18.2 Å². The molecule has 1 aromatic rings. The summed E-state index contributed by atoms with van der Waals surface area (Å²) in [6, 6.07) is 5.12. The fraction of sp³-hybridized carbons (Fsp3) is 0.571. The highest BCUT2D eigenvalue weighted by Gasteiger charge is 2.43. The van der Waals surface area contributed by atoms with Crippen LogP contribution in [0, 0.1) is 5.82 Å². The molecule has 0 saturated heterocycles. The third-order valence-electron chi connectivity index (χ3n) is 4.05. The Kier molecular flexibility index (Phi) is 4.25. The summed E-state index contributed by atoms with van der Waals surface area (Å²) in [4.78, 5) is 0. The molecule has 1 aromatic carbocycles. The number of likely N-dealkylation sites (N-methyl/N-ethyl adjacent to an activating group) is 1. The fourth-order valence-electron chi connectivity index (χ4n) is 2.70. The molecule has 2 rings (SSSR count). The summed E-state index contributed by atoms with van der Waals surface area (Å²) in [5.41, 5.74) is 0.712. The van der Waals surface area contributed by atoms with Crippen LogP contribution < -0.4 is 5.32 Å². The Morgan fingerprint density at radius 2 is 2.22 bits per heavy atom. The van der Waals surface area contributed by atoms with E-state index in [0.29, 0.717) is 6.42 Å². The zero-order chi connectivity index (χ0) is 13.2. The molecule has 1 saturated carbocycles. The van der Waals surface area contributed by atoms with Gasteiger partial charge >= 0.3 is 0 Å². The van der Waals surface area contributed by atoms with Gasteiger partial charge in [-0.3, -0.25) is 0 Å². The number of rotatable bonds is 5. The summed E-state index contributed by atoms with van der Waals surface area (Å²) >= 11 is 6.01. The second kappa shape index (κ2) is 5.55. The summed E-state index contributed by atoms with van der Waals surface area (Å²) in [5.74, 6) is -0.357. The maximum atomic E-state index is 13.4. The van der Waals surface area contributed by atoms with Gasteiger partial charge in [0.1, 0.15) is 5.82 Å². The van der Waals surface area contributed by atoms with Crippen LogP contribution in [-0.4, -0.2) is 25.8 Å². The zero-order valence-electron chi connectivity index (χ0n) is 10.8. The molecule has 1 atom stereocenters. The first-order chi connectivity index (χ1) is 8.63. The second-order valence-electron chi connectivity index (χ2n) is 4.88. The number of methoxy groups -OCH3 is 1. The SMILES string of the molecule is CNC(Cc1cccc(F)c1Cl)C1(OC)CCC1. The molecule has 18 heavy (non-hydrogen) atoms. The summed E-state index contributed by atoms with van der Waals surface area (Å²) in [6.07, 6.45) is 3.95. The van der Waals surface area contributed by atoms with Crippen molar-refractivity contribution < 1.29 is 9.13 Å². The lowest BCUT2D eigenvalue weighted by Gasteiger charge is -2.46. The van der Waals surface area contributed by atoms with Gasteiger partial charge in [-0.2, -0.15) is 0 Å². The van der Waals surface area contributed by atoms with Crippen molar-refractivity contribution in [3.63, 3.8) is 0 Å². The minimum atomic E-state index is -0.357. The van der Waals surface area contributed by atoms with Crippen molar-refractivity contribution in [2.75, 3.05) is 14.2 Å². The van der Waals surface area contributed by atoms with E-state index in [1.165, 1.54) is 12.5 Å². The van der Waals surface area contributed by atoms with Gasteiger partial charge in [0.05, 0.1) is 10.6 Å². The molecule has 100 valence electrons. The van der Waals surface area contributed by atoms with E-state index in [1.54, 1.807) is 13.2 Å². The summed E-state index contributed by atoms with van der Waals surface area (Å²) in [6.45, 7) is 0. The molecule has 1 unspecified atom stereocenters. The van der Waals surface area contributed by atoms with E-state index < -0.39 is 0 Å². The standard InChI is InChI=1S/C14H19ClFNO/c1-17-12(14(18-2)7-4-8-14)9-10-5-3-6-11(16)13(10)15/h3,5-6,12,17H,4,7-9H2,1-2H3. The summed E-state index contributed by atoms with van der Waals surface area (Å²) in [5, 5.41) is 3.51. The molecule has 0 amide bonds. The van der Waals surface area contributed by atoms with Crippen LogP contribution in [0.4, 0.5) is 4.39 Å². The van der Waals surface area contributed by atoms with E-state index in [2.05, 4.69) is 5.32 Å². The number of benzene rings is 1. The number of halogens is 2. The molecule has 4 heteroatoms. The van der Waals surface area contributed by atoms with E-state index in [1.807, 2.05) is 13.1 Å². The Labute approximate surface area is 112 Å². The van der Waals surface area contributed by atoms with Crippen molar-refractivity contribution in [3.8, 4) is 0 Å². The largest absolute Gasteiger partial charge is 0.377 e. The molecule has 0 bridgehead atoms. The van der Waals surface area contributed by atoms with Crippen LogP contribution in [-0.2, 0) is 11.2 Å². The average Bonchev–Trinajstić information content (AvgIpc) is 2.32. The molecular weight excluding hydrogens is 253 g/mol. The summed E-state index contributed by atoms with van der Waals surface area (Å²) < 4.78 is 19.1. The normalized spacial score (nSPS) is 19.3. The van der Waals surface area contributed by atoms with Gasteiger partial charge in [-0.1, -0.05) is 23.7 Å². The number of nitrogens with one attached hydrogen (secondary N) is 1. The maximum Gasteiger partial charge on any atom is 0.142 e. The van der Waals surface area contributed by atoms with E-state index >= 15 is 0 Å². The average molecular weight is 272 g/mol. The van der Waals surface area contributed by atoms with Crippen LogP contribution in [0.1, 0.15) is 24.8 Å². The first-order valence-corrected chi connectivity index (χ1v) is 6.66. The minimum absolute atomic E-state index is 0.121. The van der Waals surface area contributed by atoms with Gasteiger partial charge in [-0.15, -0.1) is 0 Å². The molecule has 1 fully saturated rings. The van der Waals surface area contributed by atoms with Crippen molar-refractivity contribution in [2.45, 2.75) is 37.3 Å². The van der Waals surface area contributed by atoms with Crippen LogP contribution >= 0.6 is 11.6 Å². The molecule has 0 heterocycles. The van der Waals surface area contributed by atoms with Gasteiger partial charge in [0.25, 0.3) is 0 Å². The fourth-order valence-corrected chi connectivity index (χ4v) is 2.90. The van der Waals surface area contributed by atoms with Crippen molar-refractivity contribution in [2.24, 2.45) is 0 Å². The van der Waals surface area contributed by atoms with Gasteiger partial charge in [0.2, 0.25) is 0 Å². The molecule has 1 aliphatic rings. The highest BCUT2D eigenvalue weighted by molar-refractivity contribution is 6.31. The minimum Gasteiger partial charge on any atom is -0.377 e. The van der Waals surface area contributed by atoms with Crippen molar-refractivity contribution in [1.82, 2.24) is 5.32 Å². The van der Waals surface area contributed by atoms with Crippen LogP contribution in [0.5, 0.6) is 0 Å². The van der Waals surface area contributed by atoms with E-state index in [4.69, 9.17) is 16.3 Å². The monoisotopic (exact) mass is 271 g/mol. The Morgan fingerprint density at radius 3 is 2.72 bits per heavy atom. The van der Waals surface area contributed by atoms with Gasteiger partial charge in [0.15, 0.2) is 0 Å². The van der Waals surface area contributed by atoms with Gasteiger partial charge in [-0.25, -0.2) is 4.39 Å². The highest BCUT2D eigenvalue weighted by Crippen LogP contribution is 2.39. The predicted molar refractivity (Wildman–Crippen MR) is 71.6 cm³/mol. The Hall–Kier alpha value is -0.640. The molecular formula is C14H19ClFNO. The molecule has 0 spiro atoms. The third-order valence-corrected chi connectivity index (χ3v) is 4.47. The van der Waals surface area contributed by atoms with Crippen LogP contribution in [0.25, 0.3) is 0 Å². The van der Waals surface area contributed by atoms with Gasteiger partial charge in [0, 0.05) is 13.2 Å². The second-order valence-corrected chi connectivity index (χ2v) is 5.26. The van der Waals surface area contributed by atoms with Crippen LogP contribution in [0.2, 0.25) is 5.02 Å². The smallest absolute Gasteiger partial charge is 0.142 e. The maximum absolute atomic E-state index is 13.4. The Bertz CT molecular complexity index is 415. The quantitative estimate of drug-likeness (QED) is 0.888. The van der Waals surface area contributed by atoms with E-state index in [0.717, 1.165) is 18.4 Å².